The molecule has 3 rings (SSSR count). The molecule has 0 fully saturated rings. The van der Waals surface area contributed by atoms with Crippen LogP contribution in [0.5, 0.6) is 5.75 Å². The van der Waals surface area contributed by atoms with Crippen molar-refractivity contribution in [1.29, 1.82) is 0 Å². The summed E-state index contributed by atoms with van der Waals surface area (Å²) in [5.41, 5.74) is 1.29. The van der Waals surface area contributed by atoms with Gasteiger partial charge in [-0.25, -0.2) is 4.39 Å². The smallest absolute Gasteiger partial charge is 0.265 e. The molecule has 0 saturated carbocycles. The highest BCUT2D eigenvalue weighted by atomic mass is 35.5. The van der Waals surface area contributed by atoms with Gasteiger partial charge in [0.1, 0.15) is 18.1 Å². The third-order valence-electron chi connectivity index (χ3n) is 3.62. The molecule has 5 nitrogen and oxygen atoms in total. The van der Waals surface area contributed by atoms with Crippen molar-refractivity contribution in [1.82, 2.24) is 0 Å². The highest BCUT2D eigenvalue weighted by Gasteiger charge is 2.27. The first-order valence-corrected chi connectivity index (χ1v) is 7.60. The highest BCUT2D eigenvalue weighted by molar-refractivity contribution is 6.31. The van der Waals surface area contributed by atoms with Crippen LogP contribution in [0.3, 0.4) is 0 Å². The van der Waals surface area contributed by atoms with Gasteiger partial charge in [-0.15, -0.1) is 0 Å². The number of rotatable bonds is 3. The molecule has 1 aliphatic heterocycles. The van der Waals surface area contributed by atoms with Crippen molar-refractivity contribution in [3.05, 3.63) is 52.8 Å². The van der Waals surface area contributed by atoms with Crippen molar-refractivity contribution in [3.63, 3.8) is 0 Å². The second-order valence-corrected chi connectivity index (χ2v) is 5.83. The Morgan fingerprint density at radius 1 is 1.33 bits per heavy atom. The van der Waals surface area contributed by atoms with Crippen LogP contribution < -0.4 is 15.0 Å². The largest absolute Gasteiger partial charge is 0.482 e. The van der Waals surface area contributed by atoms with Crippen molar-refractivity contribution in [2.24, 2.45) is 0 Å². The maximum Gasteiger partial charge on any atom is 0.265 e. The number of hydrogen-bond donors (Lipinski definition) is 1. The number of nitrogens with zero attached hydrogens (tertiary/aromatic N) is 1. The lowest BCUT2D eigenvalue weighted by Gasteiger charge is -2.28. The van der Waals surface area contributed by atoms with E-state index in [-0.39, 0.29) is 19.1 Å². The topological polar surface area (TPSA) is 58.6 Å². The van der Waals surface area contributed by atoms with Crippen molar-refractivity contribution in [2.75, 3.05) is 23.4 Å². The molecule has 124 valence electrons. The number of carbonyl (C=O) groups excluding carboxylic acids is 2. The molecule has 2 amide bonds. The fourth-order valence-electron chi connectivity index (χ4n) is 2.37. The number of halogens is 2. The van der Waals surface area contributed by atoms with Crippen molar-refractivity contribution in [2.45, 2.75) is 6.92 Å². The summed E-state index contributed by atoms with van der Waals surface area (Å²) in [6.07, 6.45) is 0. The number of ether oxygens (including phenoxy) is 1. The summed E-state index contributed by atoms with van der Waals surface area (Å²) in [7, 11) is 0. The maximum atomic E-state index is 13.5. The zero-order valence-corrected chi connectivity index (χ0v) is 13.6. The molecule has 24 heavy (non-hydrogen) atoms. The first-order chi connectivity index (χ1) is 11.4. The van der Waals surface area contributed by atoms with E-state index >= 15 is 0 Å². The summed E-state index contributed by atoms with van der Waals surface area (Å²) in [6, 6.07) is 9.23. The SMILES string of the molecule is Cc1ccc(NC(=O)CN2C(=O)COc3cc(Cl)ccc32)cc1F. The van der Waals surface area contributed by atoms with Crippen LogP contribution in [0.15, 0.2) is 36.4 Å². The van der Waals surface area contributed by atoms with Gasteiger partial charge >= 0.3 is 0 Å². The highest BCUT2D eigenvalue weighted by Crippen LogP contribution is 2.34. The number of fused-ring (bicyclic) bond motifs is 1. The molecule has 0 saturated heterocycles. The van der Waals surface area contributed by atoms with Gasteiger partial charge in [-0.05, 0) is 36.8 Å². The van der Waals surface area contributed by atoms with Crippen molar-refractivity contribution in [3.8, 4) is 5.75 Å². The molecule has 0 radical (unpaired) electrons. The Bertz CT molecular complexity index is 825. The number of benzene rings is 2. The summed E-state index contributed by atoms with van der Waals surface area (Å²) in [5.74, 6) is -0.740. The number of carbonyl (C=O) groups is 2. The van der Waals surface area contributed by atoms with E-state index < -0.39 is 11.7 Å². The normalized spacial score (nSPS) is 13.3. The number of anilines is 2. The molecule has 1 N–H and O–H groups in total. The molecule has 0 atom stereocenters. The molecule has 0 unspecified atom stereocenters. The van der Waals surface area contributed by atoms with Gasteiger partial charge in [0.25, 0.3) is 5.91 Å². The van der Waals surface area contributed by atoms with Gasteiger partial charge in [-0.1, -0.05) is 17.7 Å². The summed E-state index contributed by atoms with van der Waals surface area (Å²) >= 11 is 5.90. The number of hydrogen-bond acceptors (Lipinski definition) is 3. The van der Waals surface area contributed by atoms with Crippen LogP contribution in [0.25, 0.3) is 0 Å². The van der Waals surface area contributed by atoms with Crippen LogP contribution >= 0.6 is 11.6 Å². The van der Waals surface area contributed by atoms with E-state index in [1.165, 1.54) is 11.0 Å². The van der Waals surface area contributed by atoms with E-state index in [2.05, 4.69) is 5.32 Å². The van der Waals surface area contributed by atoms with Gasteiger partial charge in [0, 0.05) is 16.8 Å². The van der Waals surface area contributed by atoms with Crippen LogP contribution in [0.2, 0.25) is 5.02 Å². The van der Waals surface area contributed by atoms with E-state index in [9.17, 15) is 14.0 Å². The quantitative estimate of drug-likeness (QED) is 0.927. The lowest BCUT2D eigenvalue weighted by molar-refractivity contribution is -0.123. The zero-order valence-electron chi connectivity index (χ0n) is 12.8. The van der Waals surface area contributed by atoms with E-state index in [4.69, 9.17) is 16.3 Å². The summed E-state index contributed by atoms with van der Waals surface area (Å²) < 4.78 is 18.9. The van der Waals surface area contributed by atoms with Crippen molar-refractivity contribution < 1.29 is 18.7 Å². The van der Waals surface area contributed by atoms with Crippen LogP contribution in [-0.2, 0) is 9.59 Å². The average Bonchev–Trinajstić information content (AvgIpc) is 2.53. The minimum atomic E-state index is -0.436. The molecule has 7 heteroatoms. The number of amides is 2. The lowest BCUT2D eigenvalue weighted by Crippen LogP contribution is -2.43. The summed E-state index contributed by atoms with van der Waals surface area (Å²) in [6.45, 7) is 1.27. The summed E-state index contributed by atoms with van der Waals surface area (Å²) in [4.78, 5) is 25.6. The molecule has 0 spiro atoms. The second-order valence-electron chi connectivity index (χ2n) is 5.39. The van der Waals surface area contributed by atoms with E-state index in [0.717, 1.165) is 0 Å². The van der Waals surface area contributed by atoms with Gasteiger partial charge in [0.15, 0.2) is 6.61 Å². The number of aryl methyl sites for hydroxylation is 1. The van der Waals surface area contributed by atoms with E-state index in [1.54, 1.807) is 37.3 Å². The van der Waals surface area contributed by atoms with E-state index in [0.29, 0.717) is 27.7 Å². The monoisotopic (exact) mass is 348 g/mol. The first-order valence-electron chi connectivity index (χ1n) is 7.23. The fraction of sp³-hybridized carbons (Fsp3) is 0.176. The van der Waals surface area contributed by atoms with Gasteiger partial charge < -0.3 is 10.1 Å². The fourth-order valence-corrected chi connectivity index (χ4v) is 2.53. The summed E-state index contributed by atoms with van der Waals surface area (Å²) in [5, 5.41) is 3.05. The van der Waals surface area contributed by atoms with Crippen LogP contribution in [0, 0.1) is 12.7 Å². The zero-order chi connectivity index (χ0) is 17.3. The molecular weight excluding hydrogens is 335 g/mol. The third kappa shape index (κ3) is 3.33. The molecule has 0 aromatic heterocycles. The predicted molar refractivity (Wildman–Crippen MR) is 89.1 cm³/mol. The Labute approximate surface area is 143 Å². The molecule has 2 aromatic carbocycles. The molecular formula is C17H14ClFN2O3. The molecule has 2 aromatic rings. The minimum absolute atomic E-state index is 0.167. The average molecular weight is 349 g/mol. The maximum absolute atomic E-state index is 13.5. The standard InChI is InChI=1S/C17H14ClFN2O3/c1-10-2-4-12(7-13(10)19)20-16(22)8-21-14-5-3-11(18)6-15(14)24-9-17(21)23/h2-7H,8-9H2,1H3,(H,20,22). The van der Waals surface area contributed by atoms with Crippen LogP contribution in [0.4, 0.5) is 15.8 Å². The first kappa shape index (κ1) is 16.3. The van der Waals surface area contributed by atoms with Gasteiger partial charge in [-0.3, -0.25) is 14.5 Å². The number of nitrogens with one attached hydrogen (secondary N) is 1. The second kappa shape index (κ2) is 6.49. The lowest BCUT2D eigenvalue weighted by atomic mass is 10.2. The Balaban J connectivity index is 1.76. The Morgan fingerprint density at radius 3 is 2.88 bits per heavy atom. The van der Waals surface area contributed by atoms with Crippen LogP contribution in [0.1, 0.15) is 5.56 Å². The van der Waals surface area contributed by atoms with Gasteiger partial charge in [0.2, 0.25) is 5.91 Å². The van der Waals surface area contributed by atoms with Gasteiger partial charge in [0.05, 0.1) is 5.69 Å². The molecule has 0 bridgehead atoms. The third-order valence-corrected chi connectivity index (χ3v) is 3.86. The predicted octanol–water partition coefficient (Wildman–Crippen LogP) is 3.15. The Hall–Kier alpha value is -2.60. The van der Waals surface area contributed by atoms with Crippen LogP contribution in [-0.4, -0.2) is 25.0 Å². The Kier molecular flexibility index (Phi) is 4.40. The Morgan fingerprint density at radius 2 is 2.12 bits per heavy atom. The van der Waals surface area contributed by atoms with Crippen molar-refractivity contribution >= 4 is 34.8 Å². The van der Waals surface area contributed by atoms with E-state index in [1.807, 2.05) is 0 Å². The molecule has 1 heterocycles. The minimum Gasteiger partial charge on any atom is -0.482 e. The van der Waals surface area contributed by atoms with Gasteiger partial charge in [-0.2, -0.15) is 0 Å². The molecule has 0 aliphatic carbocycles. The molecule has 1 aliphatic rings.